The zero-order valence-corrected chi connectivity index (χ0v) is 14.7. The van der Waals surface area contributed by atoms with Crippen molar-refractivity contribution in [3.63, 3.8) is 0 Å². The van der Waals surface area contributed by atoms with Crippen LogP contribution in [0.3, 0.4) is 0 Å². The Balaban J connectivity index is 1.48. The molecule has 1 heterocycles. The van der Waals surface area contributed by atoms with Gasteiger partial charge in [-0.2, -0.15) is 0 Å². The molecule has 1 N–H and O–H groups in total. The molecule has 0 atom stereocenters. The number of non-ortho nitro benzene ring substituents is 1. The highest BCUT2D eigenvalue weighted by molar-refractivity contribution is 5.94. The van der Waals surface area contributed by atoms with Gasteiger partial charge in [0.2, 0.25) is 11.8 Å². The molecule has 0 saturated heterocycles. The summed E-state index contributed by atoms with van der Waals surface area (Å²) >= 11 is 0. The van der Waals surface area contributed by atoms with Gasteiger partial charge in [0.15, 0.2) is 5.58 Å². The number of carbonyl (C=O) groups excluding carboxylic acids is 1. The number of hydrogen-bond donors (Lipinski definition) is 1. The van der Waals surface area contributed by atoms with Gasteiger partial charge in [0.25, 0.3) is 5.69 Å². The first-order valence-corrected chi connectivity index (χ1v) is 8.58. The average molecular weight is 373 g/mol. The molecular formula is C21H15N3O4. The lowest BCUT2D eigenvalue weighted by molar-refractivity contribution is -0.384. The van der Waals surface area contributed by atoms with Crippen LogP contribution < -0.4 is 5.32 Å². The van der Waals surface area contributed by atoms with Crippen molar-refractivity contribution in [3.8, 4) is 11.5 Å². The van der Waals surface area contributed by atoms with Crippen LogP contribution in [0.15, 0.2) is 77.2 Å². The number of carbonyl (C=O) groups is 1. The Bertz CT molecular complexity index is 1150. The molecule has 4 rings (SSSR count). The predicted octanol–water partition coefficient (Wildman–Crippen LogP) is 4.58. The van der Waals surface area contributed by atoms with E-state index in [-0.39, 0.29) is 18.0 Å². The van der Waals surface area contributed by atoms with Crippen LogP contribution in [0.25, 0.3) is 22.6 Å². The van der Waals surface area contributed by atoms with E-state index in [9.17, 15) is 14.9 Å². The van der Waals surface area contributed by atoms with E-state index in [2.05, 4.69) is 10.3 Å². The van der Waals surface area contributed by atoms with Crippen molar-refractivity contribution in [3.05, 3.63) is 88.5 Å². The molecule has 0 aliphatic rings. The molecular weight excluding hydrogens is 358 g/mol. The number of rotatable bonds is 5. The van der Waals surface area contributed by atoms with E-state index in [1.54, 1.807) is 30.3 Å². The number of nitro benzene ring substituents is 1. The number of aromatic nitrogens is 1. The minimum atomic E-state index is -0.472. The number of hydrogen-bond acceptors (Lipinski definition) is 5. The molecule has 1 aromatic heterocycles. The topological polar surface area (TPSA) is 98.3 Å². The zero-order chi connectivity index (χ0) is 19.5. The SMILES string of the molecule is O=C(Cc1ccc([N+](=O)[O-])cc1)Nc1ccc2oc(-c3ccccc3)nc2c1. The molecule has 7 nitrogen and oxygen atoms in total. The third-order valence-electron chi connectivity index (χ3n) is 4.20. The normalized spacial score (nSPS) is 10.7. The number of benzene rings is 3. The molecule has 7 heteroatoms. The van der Waals surface area contributed by atoms with Gasteiger partial charge in [-0.15, -0.1) is 0 Å². The van der Waals surface area contributed by atoms with Crippen LogP contribution >= 0.6 is 0 Å². The highest BCUT2D eigenvalue weighted by atomic mass is 16.6. The number of amides is 1. The third kappa shape index (κ3) is 3.73. The van der Waals surface area contributed by atoms with Crippen molar-refractivity contribution in [1.82, 2.24) is 4.98 Å². The summed E-state index contributed by atoms with van der Waals surface area (Å²) in [4.78, 5) is 27.0. The second-order valence-corrected chi connectivity index (χ2v) is 6.22. The number of anilines is 1. The van der Waals surface area contributed by atoms with Crippen molar-refractivity contribution < 1.29 is 14.1 Å². The molecule has 0 bridgehead atoms. The summed E-state index contributed by atoms with van der Waals surface area (Å²) in [7, 11) is 0. The second-order valence-electron chi connectivity index (χ2n) is 6.22. The Morgan fingerprint density at radius 1 is 1.04 bits per heavy atom. The standard InChI is InChI=1S/C21H15N3O4/c25-20(12-14-6-9-17(10-7-14)24(26)27)22-16-8-11-19-18(13-16)23-21(28-19)15-4-2-1-3-5-15/h1-11,13H,12H2,(H,22,25). The van der Waals surface area contributed by atoms with Gasteiger partial charge >= 0.3 is 0 Å². The zero-order valence-electron chi connectivity index (χ0n) is 14.7. The molecule has 3 aromatic carbocycles. The van der Waals surface area contributed by atoms with Crippen LogP contribution in [0.4, 0.5) is 11.4 Å². The first-order valence-electron chi connectivity index (χ1n) is 8.58. The van der Waals surface area contributed by atoms with Gasteiger partial charge in [-0.3, -0.25) is 14.9 Å². The lowest BCUT2D eigenvalue weighted by Gasteiger charge is -2.05. The summed E-state index contributed by atoms with van der Waals surface area (Å²) in [5, 5.41) is 13.5. The second kappa shape index (κ2) is 7.32. The fourth-order valence-corrected chi connectivity index (χ4v) is 2.84. The van der Waals surface area contributed by atoms with Crippen molar-refractivity contribution in [2.75, 3.05) is 5.32 Å². The van der Waals surface area contributed by atoms with Crippen molar-refractivity contribution >= 4 is 28.4 Å². The van der Waals surface area contributed by atoms with Gasteiger partial charge in [0, 0.05) is 23.4 Å². The molecule has 0 fully saturated rings. The third-order valence-corrected chi connectivity index (χ3v) is 4.20. The van der Waals surface area contributed by atoms with E-state index in [1.165, 1.54) is 12.1 Å². The Morgan fingerprint density at radius 2 is 1.79 bits per heavy atom. The van der Waals surface area contributed by atoms with E-state index < -0.39 is 4.92 Å². The Labute approximate surface area is 159 Å². The van der Waals surface area contributed by atoms with Crippen LogP contribution in [0.1, 0.15) is 5.56 Å². The molecule has 138 valence electrons. The Kier molecular flexibility index (Phi) is 4.55. The summed E-state index contributed by atoms with van der Waals surface area (Å²) < 4.78 is 5.76. The highest BCUT2D eigenvalue weighted by Crippen LogP contribution is 2.26. The molecule has 0 spiro atoms. The summed E-state index contributed by atoms with van der Waals surface area (Å²) in [5.41, 5.74) is 3.45. The molecule has 0 aliphatic carbocycles. The lowest BCUT2D eigenvalue weighted by Crippen LogP contribution is -2.14. The van der Waals surface area contributed by atoms with Gasteiger partial charge < -0.3 is 9.73 Å². The van der Waals surface area contributed by atoms with Crippen molar-refractivity contribution in [2.45, 2.75) is 6.42 Å². The molecule has 28 heavy (non-hydrogen) atoms. The van der Waals surface area contributed by atoms with Crippen molar-refractivity contribution in [2.24, 2.45) is 0 Å². The van der Waals surface area contributed by atoms with E-state index in [0.717, 1.165) is 5.56 Å². The van der Waals surface area contributed by atoms with Crippen molar-refractivity contribution in [1.29, 1.82) is 0 Å². The summed E-state index contributed by atoms with van der Waals surface area (Å²) in [5.74, 6) is 0.296. The van der Waals surface area contributed by atoms with Crippen LogP contribution in [0, 0.1) is 10.1 Å². The molecule has 0 aliphatic heterocycles. The largest absolute Gasteiger partial charge is 0.436 e. The smallest absolute Gasteiger partial charge is 0.269 e. The van der Waals surface area contributed by atoms with Gasteiger partial charge in [-0.25, -0.2) is 4.98 Å². The maximum Gasteiger partial charge on any atom is 0.269 e. The van der Waals surface area contributed by atoms with E-state index in [1.807, 2.05) is 30.3 Å². The van der Waals surface area contributed by atoms with E-state index in [4.69, 9.17) is 4.42 Å². The number of oxazole rings is 1. The van der Waals surface area contributed by atoms with Crippen LogP contribution in [-0.4, -0.2) is 15.8 Å². The minimum absolute atomic E-state index is 0.00476. The molecule has 0 saturated carbocycles. The number of nitro groups is 1. The fourth-order valence-electron chi connectivity index (χ4n) is 2.84. The van der Waals surface area contributed by atoms with Gasteiger partial charge in [0.05, 0.1) is 11.3 Å². The number of nitrogens with one attached hydrogen (secondary N) is 1. The quantitative estimate of drug-likeness (QED) is 0.408. The summed E-state index contributed by atoms with van der Waals surface area (Å²) in [6.07, 6.45) is 0.115. The van der Waals surface area contributed by atoms with E-state index >= 15 is 0 Å². The molecule has 4 aromatic rings. The van der Waals surface area contributed by atoms with Crippen LogP contribution in [-0.2, 0) is 11.2 Å². The lowest BCUT2D eigenvalue weighted by atomic mass is 10.1. The Morgan fingerprint density at radius 3 is 2.50 bits per heavy atom. The van der Waals surface area contributed by atoms with Gasteiger partial charge in [-0.1, -0.05) is 30.3 Å². The van der Waals surface area contributed by atoms with Gasteiger partial charge in [0.1, 0.15) is 5.52 Å². The molecule has 0 radical (unpaired) electrons. The monoisotopic (exact) mass is 373 g/mol. The maximum atomic E-state index is 12.3. The van der Waals surface area contributed by atoms with Gasteiger partial charge in [-0.05, 0) is 35.9 Å². The number of nitrogens with zero attached hydrogens (tertiary/aromatic N) is 2. The van der Waals surface area contributed by atoms with Crippen LogP contribution in [0.2, 0.25) is 0 Å². The van der Waals surface area contributed by atoms with Crippen LogP contribution in [0.5, 0.6) is 0 Å². The summed E-state index contributed by atoms with van der Waals surface area (Å²) in [6.45, 7) is 0. The first kappa shape index (κ1) is 17.4. The average Bonchev–Trinajstić information content (AvgIpc) is 3.12. The first-order chi connectivity index (χ1) is 13.6. The molecule has 0 unspecified atom stereocenters. The predicted molar refractivity (Wildman–Crippen MR) is 105 cm³/mol. The molecule has 1 amide bonds. The number of fused-ring (bicyclic) bond motifs is 1. The highest BCUT2D eigenvalue weighted by Gasteiger charge is 2.11. The minimum Gasteiger partial charge on any atom is -0.436 e. The maximum absolute atomic E-state index is 12.3. The Hall–Kier alpha value is -4.00. The van der Waals surface area contributed by atoms with E-state index in [0.29, 0.717) is 28.2 Å². The summed E-state index contributed by atoms with van der Waals surface area (Å²) in [6, 6.07) is 20.7. The fraction of sp³-hybridized carbons (Fsp3) is 0.0476.